The second kappa shape index (κ2) is 6.39. The van der Waals surface area contributed by atoms with Gasteiger partial charge in [0.25, 0.3) is 0 Å². The van der Waals surface area contributed by atoms with Gasteiger partial charge in [-0.2, -0.15) is 10.2 Å². The van der Waals surface area contributed by atoms with Crippen LogP contribution in [0.3, 0.4) is 0 Å². The third kappa shape index (κ3) is 2.98. The van der Waals surface area contributed by atoms with Crippen LogP contribution in [0.4, 0.5) is 10.5 Å². The summed E-state index contributed by atoms with van der Waals surface area (Å²) in [7, 11) is 1.91. The highest BCUT2D eigenvalue weighted by Crippen LogP contribution is 2.31. The summed E-state index contributed by atoms with van der Waals surface area (Å²) in [5.41, 5.74) is 2.61. The number of aryl methyl sites for hydroxylation is 1. The molecule has 0 unspecified atom stereocenters. The van der Waals surface area contributed by atoms with E-state index >= 15 is 0 Å². The van der Waals surface area contributed by atoms with Crippen molar-refractivity contribution in [3.8, 4) is 5.69 Å². The molecule has 1 aliphatic rings. The van der Waals surface area contributed by atoms with Crippen LogP contribution in [0.1, 0.15) is 24.6 Å². The van der Waals surface area contributed by atoms with Crippen LogP contribution in [-0.4, -0.2) is 42.0 Å². The van der Waals surface area contributed by atoms with E-state index in [-0.39, 0.29) is 12.1 Å². The number of nitrogens with zero attached hydrogens (tertiary/aromatic N) is 6. The van der Waals surface area contributed by atoms with Crippen LogP contribution >= 0.6 is 0 Å². The number of carbonyl (C=O) groups is 1. The minimum Gasteiger partial charge on any atom is -0.316 e. The first-order valence-corrected chi connectivity index (χ1v) is 8.23. The largest absolute Gasteiger partial charge is 0.322 e. The smallest absolute Gasteiger partial charge is 0.316 e. The van der Waals surface area contributed by atoms with E-state index < -0.39 is 0 Å². The molecular weight excluding hydrogens is 318 g/mol. The van der Waals surface area contributed by atoms with Crippen LogP contribution in [0, 0.1) is 0 Å². The molecule has 1 saturated heterocycles. The lowest BCUT2D eigenvalue weighted by molar-refractivity contribution is 0.205. The minimum absolute atomic E-state index is 0.0581. The summed E-state index contributed by atoms with van der Waals surface area (Å²) in [5, 5.41) is 11.5. The zero-order valence-electron chi connectivity index (χ0n) is 13.9. The van der Waals surface area contributed by atoms with E-state index in [1.54, 1.807) is 35.7 Å². The third-order valence-electron chi connectivity index (χ3n) is 4.48. The Morgan fingerprint density at radius 1 is 1.20 bits per heavy atom. The first-order chi connectivity index (χ1) is 12.2. The van der Waals surface area contributed by atoms with E-state index in [1.807, 2.05) is 34.8 Å². The van der Waals surface area contributed by atoms with Gasteiger partial charge in [0.05, 0.1) is 35.5 Å². The van der Waals surface area contributed by atoms with Gasteiger partial charge in [-0.05, 0) is 31.0 Å². The lowest BCUT2D eigenvalue weighted by Gasteiger charge is -2.24. The second-order valence-corrected chi connectivity index (χ2v) is 6.04. The molecule has 0 spiro atoms. The fraction of sp³-hybridized carbons (Fsp3) is 0.294. The summed E-state index contributed by atoms with van der Waals surface area (Å²) in [5.74, 6) is 0. The molecule has 0 saturated carbocycles. The molecule has 1 N–H and O–H groups in total. The molecule has 4 rings (SSSR count). The molecule has 2 amide bonds. The highest BCUT2D eigenvalue weighted by molar-refractivity contribution is 5.89. The molecule has 0 aromatic carbocycles. The maximum Gasteiger partial charge on any atom is 0.322 e. The Bertz CT molecular complexity index is 870. The van der Waals surface area contributed by atoms with Gasteiger partial charge in [0.1, 0.15) is 0 Å². The molecule has 1 fully saturated rings. The second-order valence-electron chi connectivity index (χ2n) is 6.04. The van der Waals surface area contributed by atoms with Crippen LogP contribution in [0.5, 0.6) is 0 Å². The Labute approximate surface area is 145 Å². The third-order valence-corrected chi connectivity index (χ3v) is 4.48. The molecule has 0 aliphatic carbocycles. The number of hydrogen-bond donors (Lipinski definition) is 1. The number of aromatic nitrogens is 5. The number of nitrogens with one attached hydrogen (secondary N) is 1. The van der Waals surface area contributed by atoms with E-state index in [9.17, 15) is 4.79 Å². The number of carbonyl (C=O) groups excluding carboxylic acids is 1. The standard InChI is InChI=1S/C17H19N7O/c1-22-15(6-9-19-22)16-3-2-10-23(16)17(25)21-13-11-20-24(12-13)14-4-7-18-8-5-14/h4-9,11-12,16H,2-3,10H2,1H3,(H,21,25)/t16-/m0/s1. The summed E-state index contributed by atoms with van der Waals surface area (Å²) in [6.07, 6.45) is 10.6. The number of amides is 2. The first-order valence-electron chi connectivity index (χ1n) is 8.23. The van der Waals surface area contributed by atoms with E-state index in [2.05, 4.69) is 20.5 Å². The summed E-state index contributed by atoms with van der Waals surface area (Å²) in [4.78, 5) is 18.6. The highest BCUT2D eigenvalue weighted by Gasteiger charge is 2.31. The molecular formula is C17H19N7O. The van der Waals surface area contributed by atoms with Crippen LogP contribution in [0.15, 0.2) is 49.2 Å². The van der Waals surface area contributed by atoms with E-state index in [0.29, 0.717) is 5.69 Å². The van der Waals surface area contributed by atoms with Crippen LogP contribution in [-0.2, 0) is 7.05 Å². The van der Waals surface area contributed by atoms with Gasteiger partial charge in [-0.15, -0.1) is 0 Å². The fourth-order valence-corrected chi connectivity index (χ4v) is 3.25. The Morgan fingerprint density at radius 3 is 2.80 bits per heavy atom. The Kier molecular flexibility index (Phi) is 3.93. The van der Waals surface area contributed by atoms with Crippen LogP contribution < -0.4 is 5.32 Å². The molecule has 0 bridgehead atoms. The molecule has 1 aliphatic heterocycles. The van der Waals surface area contributed by atoms with Crippen molar-refractivity contribution in [1.82, 2.24) is 29.4 Å². The van der Waals surface area contributed by atoms with Gasteiger partial charge >= 0.3 is 6.03 Å². The highest BCUT2D eigenvalue weighted by atomic mass is 16.2. The first kappa shape index (κ1) is 15.4. The fourth-order valence-electron chi connectivity index (χ4n) is 3.25. The lowest BCUT2D eigenvalue weighted by Crippen LogP contribution is -2.35. The molecule has 8 heteroatoms. The number of urea groups is 1. The average molecular weight is 337 g/mol. The van der Waals surface area contributed by atoms with Crippen molar-refractivity contribution in [1.29, 1.82) is 0 Å². The molecule has 4 heterocycles. The maximum atomic E-state index is 12.7. The van der Waals surface area contributed by atoms with Gasteiger partial charge in [0, 0.05) is 32.2 Å². The quantitative estimate of drug-likeness (QED) is 0.795. The molecule has 3 aromatic heterocycles. The van der Waals surface area contributed by atoms with Crippen LogP contribution in [0.2, 0.25) is 0 Å². The van der Waals surface area contributed by atoms with Crippen molar-refractivity contribution >= 4 is 11.7 Å². The molecule has 3 aromatic rings. The SMILES string of the molecule is Cn1nccc1[C@@H]1CCCN1C(=O)Nc1cnn(-c2ccncc2)c1. The Morgan fingerprint density at radius 2 is 2.04 bits per heavy atom. The van der Waals surface area contributed by atoms with Crippen LogP contribution in [0.25, 0.3) is 5.69 Å². The van der Waals surface area contributed by atoms with Crippen molar-refractivity contribution in [3.63, 3.8) is 0 Å². The van der Waals surface area contributed by atoms with E-state index in [1.165, 1.54) is 0 Å². The summed E-state index contributed by atoms with van der Waals surface area (Å²) in [6.45, 7) is 0.736. The number of anilines is 1. The number of likely N-dealkylation sites (tertiary alicyclic amines) is 1. The number of hydrogen-bond acceptors (Lipinski definition) is 4. The summed E-state index contributed by atoms with van der Waals surface area (Å²) in [6, 6.07) is 5.63. The van der Waals surface area contributed by atoms with Crippen molar-refractivity contribution in [3.05, 3.63) is 54.9 Å². The minimum atomic E-state index is -0.113. The monoisotopic (exact) mass is 337 g/mol. The van der Waals surface area contributed by atoms with E-state index in [4.69, 9.17) is 0 Å². The van der Waals surface area contributed by atoms with Gasteiger partial charge < -0.3 is 10.2 Å². The zero-order valence-corrected chi connectivity index (χ0v) is 13.9. The number of pyridine rings is 1. The van der Waals surface area contributed by atoms with Gasteiger partial charge in [0.15, 0.2) is 0 Å². The molecule has 25 heavy (non-hydrogen) atoms. The van der Waals surface area contributed by atoms with Crippen molar-refractivity contribution < 1.29 is 4.79 Å². The van der Waals surface area contributed by atoms with Gasteiger partial charge in [-0.1, -0.05) is 0 Å². The average Bonchev–Trinajstić information content (AvgIpc) is 3.35. The zero-order chi connectivity index (χ0) is 17.2. The normalized spacial score (nSPS) is 17.0. The van der Waals surface area contributed by atoms with Crippen molar-refractivity contribution in [2.75, 3.05) is 11.9 Å². The van der Waals surface area contributed by atoms with Gasteiger partial charge in [-0.25, -0.2) is 9.48 Å². The predicted octanol–water partition coefficient (Wildman–Crippen LogP) is 2.37. The topological polar surface area (TPSA) is 80.9 Å². The number of rotatable bonds is 3. The van der Waals surface area contributed by atoms with Crippen molar-refractivity contribution in [2.24, 2.45) is 7.05 Å². The molecule has 128 valence electrons. The van der Waals surface area contributed by atoms with Gasteiger partial charge in [0.2, 0.25) is 0 Å². The lowest BCUT2D eigenvalue weighted by atomic mass is 10.1. The van der Waals surface area contributed by atoms with Gasteiger partial charge in [-0.3, -0.25) is 9.67 Å². The summed E-state index contributed by atoms with van der Waals surface area (Å²) < 4.78 is 3.54. The molecule has 1 atom stereocenters. The van der Waals surface area contributed by atoms with E-state index in [0.717, 1.165) is 30.8 Å². The maximum absolute atomic E-state index is 12.7. The summed E-state index contributed by atoms with van der Waals surface area (Å²) >= 11 is 0. The predicted molar refractivity (Wildman–Crippen MR) is 92.3 cm³/mol. The molecule has 0 radical (unpaired) electrons. The molecule has 8 nitrogen and oxygen atoms in total. The Hall–Kier alpha value is -3.16. The van der Waals surface area contributed by atoms with Crippen molar-refractivity contribution in [2.45, 2.75) is 18.9 Å². The Balaban J connectivity index is 1.49.